The first kappa shape index (κ1) is 44.6. The molecule has 14 heteroatoms. The largest absolute Gasteiger partial charge is 0.475 e. The van der Waals surface area contributed by atoms with Crippen LogP contribution >= 0.6 is 7.82 Å². The molecule has 0 spiro atoms. The lowest BCUT2D eigenvalue weighted by molar-refractivity contribution is -0.900. The minimum absolute atomic E-state index is 0.171. The lowest BCUT2D eigenvalue weighted by Crippen LogP contribution is -2.55. The van der Waals surface area contributed by atoms with Crippen LogP contribution in [-0.2, 0) is 46.7 Å². The van der Waals surface area contributed by atoms with Gasteiger partial charge in [0.15, 0.2) is 18.3 Å². The van der Waals surface area contributed by atoms with E-state index in [1.165, 1.54) is 0 Å². The Kier molecular flexibility index (Phi) is 16.9. The lowest BCUT2D eigenvalue weighted by atomic mass is 10.1. The predicted molar refractivity (Wildman–Crippen MR) is 182 cm³/mol. The zero-order chi connectivity index (χ0) is 37.3. The molecule has 6 atom stereocenters. The summed E-state index contributed by atoms with van der Waals surface area (Å²) >= 11 is 0. The van der Waals surface area contributed by atoms with E-state index in [-0.39, 0.29) is 50.0 Å². The molecule has 0 fully saturated rings. The van der Waals surface area contributed by atoms with E-state index in [2.05, 4.69) is 19.7 Å². The molecule has 0 saturated carbocycles. The van der Waals surface area contributed by atoms with Crippen molar-refractivity contribution in [3.8, 4) is 0 Å². The smallest absolute Gasteiger partial charge is 0.453 e. The third-order valence-electron chi connectivity index (χ3n) is 7.74. The quantitative estimate of drug-likeness (QED) is 0.0576. The molecule has 0 rings (SSSR count). The van der Waals surface area contributed by atoms with Gasteiger partial charge in [-0.05, 0) is 41.5 Å². The number of carbonyl (C=O) groups excluding carboxylic acids is 3. The second-order valence-corrected chi connectivity index (χ2v) is 16.7. The summed E-state index contributed by atoms with van der Waals surface area (Å²) in [4.78, 5) is 37.0. The van der Waals surface area contributed by atoms with Crippen molar-refractivity contribution in [2.24, 2.45) is 0 Å². The van der Waals surface area contributed by atoms with Gasteiger partial charge in [-0.3, -0.25) is 13.6 Å². The number of rotatable bonds is 21. The fourth-order valence-electron chi connectivity index (χ4n) is 4.63. The summed E-state index contributed by atoms with van der Waals surface area (Å²) in [5, 5.41) is 0. The Balaban J connectivity index is 6.55. The van der Waals surface area contributed by atoms with Crippen molar-refractivity contribution in [1.82, 2.24) is 0 Å². The number of phosphoric acid groups is 1. The monoisotopic (exact) mass is 692 g/mol. The highest BCUT2D eigenvalue weighted by molar-refractivity contribution is 7.48. The molecule has 0 aliphatic rings. The van der Waals surface area contributed by atoms with Crippen molar-refractivity contribution >= 4 is 25.7 Å². The zero-order valence-electron chi connectivity index (χ0n) is 31.6. The van der Waals surface area contributed by atoms with Gasteiger partial charge >= 0.3 is 25.7 Å². The SMILES string of the molecule is C=C(C)C(=O)OC(C)C(COP(=O)(OCC(C(C)OC(=O)C(=C)C)[N+](C)(C)C)OCC(C(C)OC(=O)C(=C)C)[N+](C)(C)C)[N+](C)(C)C. The number of hydrogen-bond donors (Lipinski definition) is 0. The number of likely N-dealkylation sites (N-methyl/N-ethyl adjacent to an activating group) is 3. The number of hydrogen-bond acceptors (Lipinski definition) is 10. The van der Waals surface area contributed by atoms with Crippen molar-refractivity contribution in [1.29, 1.82) is 0 Å². The first-order valence-corrected chi connectivity index (χ1v) is 17.1. The average Bonchev–Trinajstić information content (AvgIpc) is 2.86. The Morgan fingerprint density at radius 1 is 0.511 bits per heavy atom. The number of nitrogens with zero attached hydrogens (tertiary/aromatic N) is 3. The maximum atomic E-state index is 14.5. The van der Waals surface area contributed by atoms with E-state index in [9.17, 15) is 18.9 Å². The molecule has 6 unspecified atom stereocenters. The Bertz CT molecular complexity index is 1040. The number of quaternary nitrogens is 3. The van der Waals surface area contributed by atoms with Crippen molar-refractivity contribution in [2.45, 2.75) is 78.0 Å². The highest BCUT2D eigenvalue weighted by atomic mass is 31.2. The Morgan fingerprint density at radius 3 is 0.851 bits per heavy atom. The molecule has 0 saturated heterocycles. The molecule has 47 heavy (non-hydrogen) atoms. The van der Waals surface area contributed by atoms with E-state index in [4.69, 9.17) is 27.8 Å². The second kappa shape index (κ2) is 17.9. The standard InChI is InChI=1S/C33H63N3O10P/c1-22(2)31(37)44-25(7)28(34(10,11)12)19-41-47(40,42-20-29(35(13,14)15)26(8)45-32(38)23(3)4)43-21-30(36(16,17)18)27(9)46-33(39)24(5)6/h25-30H,1,3,5,19-21H2,2,4,6-18H3/q+3. The van der Waals surface area contributed by atoms with Crippen molar-refractivity contribution < 1.29 is 60.2 Å². The maximum Gasteiger partial charge on any atom is 0.475 e. The van der Waals surface area contributed by atoms with Crippen molar-refractivity contribution in [2.75, 3.05) is 83.2 Å². The third-order valence-corrected chi connectivity index (χ3v) is 9.14. The van der Waals surface area contributed by atoms with Crippen LogP contribution in [0.25, 0.3) is 0 Å². The zero-order valence-corrected chi connectivity index (χ0v) is 32.5. The van der Waals surface area contributed by atoms with Gasteiger partial charge in [-0.1, -0.05) is 19.7 Å². The van der Waals surface area contributed by atoms with Gasteiger partial charge in [-0.25, -0.2) is 18.9 Å². The first-order valence-electron chi connectivity index (χ1n) is 15.6. The summed E-state index contributed by atoms with van der Waals surface area (Å²) in [6, 6.07) is -1.48. The third kappa shape index (κ3) is 15.6. The summed E-state index contributed by atoms with van der Waals surface area (Å²) in [5.74, 6) is -1.67. The number of ether oxygens (including phenoxy) is 3. The Hall–Kier alpha value is -2.38. The van der Waals surface area contributed by atoms with Crippen LogP contribution in [0.3, 0.4) is 0 Å². The normalized spacial score (nSPS) is 17.6. The molecule has 272 valence electrons. The van der Waals surface area contributed by atoms with Crippen molar-refractivity contribution in [3.63, 3.8) is 0 Å². The lowest BCUT2D eigenvalue weighted by Gasteiger charge is -2.39. The first-order chi connectivity index (χ1) is 21.0. The minimum atomic E-state index is -4.37. The molecule has 0 radical (unpaired) electrons. The summed E-state index contributed by atoms with van der Waals surface area (Å²) in [6.45, 7) is 20.3. The van der Waals surface area contributed by atoms with Gasteiger partial charge in [-0.2, -0.15) is 0 Å². The van der Waals surface area contributed by atoms with E-state index in [1.807, 2.05) is 63.4 Å². The van der Waals surface area contributed by atoms with Crippen LogP contribution in [0, 0.1) is 0 Å². The molecule has 0 aromatic heterocycles. The molecular weight excluding hydrogens is 629 g/mol. The summed E-state index contributed by atoms with van der Waals surface area (Å²) in [7, 11) is 12.6. The number of phosphoric ester groups is 1. The average molecular weight is 693 g/mol. The molecule has 0 aromatic carbocycles. The van der Waals surface area contributed by atoms with E-state index in [0.717, 1.165) is 0 Å². The van der Waals surface area contributed by atoms with Crippen LogP contribution < -0.4 is 0 Å². The molecule has 13 nitrogen and oxygen atoms in total. The number of esters is 3. The highest BCUT2D eigenvalue weighted by Crippen LogP contribution is 2.51. The van der Waals surface area contributed by atoms with Crippen LogP contribution in [0.5, 0.6) is 0 Å². The molecule has 0 bridgehead atoms. The van der Waals surface area contributed by atoms with Gasteiger partial charge in [0.05, 0.1) is 63.4 Å². The fraction of sp³-hybridized carbons (Fsp3) is 0.727. The molecule has 0 aromatic rings. The van der Waals surface area contributed by atoms with Gasteiger partial charge in [-0.15, -0.1) is 0 Å². The Morgan fingerprint density at radius 2 is 0.702 bits per heavy atom. The van der Waals surface area contributed by atoms with Crippen LogP contribution in [0.1, 0.15) is 41.5 Å². The Labute approximate surface area is 283 Å². The van der Waals surface area contributed by atoms with E-state index < -0.39 is 62.2 Å². The molecule has 0 heterocycles. The summed E-state index contributed by atoms with van der Waals surface area (Å²) in [6.07, 6.45) is -1.98. The topological polar surface area (TPSA) is 124 Å². The van der Waals surface area contributed by atoms with E-state index >= 15 is 0 Å². The van der Waals surface area contributed by atoms with E-state index in [1.54, 1.807) is 41.5 Å². The second-order valence-electron chi connectivity index (χ2n) is 15.1. The minimum Gasteiger partial charge on any atom is -0.453 e. The van der Waals surface area contributed by atoms with Gasteiger partial charge in [0.25, 0.3) is 0 Å². The predicted octanol–water partition coefficient (Wildman–Crippen LogP) is 3.89. The highest BCUT2D eigenvalue weighted by Gasteiger charge is 2.43. The van der Waals surface area contributed by atoms with E-state index in [0.29, 0.717) is 0 Å². The fourth-order valence-corrected chi connectivity index (χ4v) is 5.85. The number of carbonyl (C=O) groups is 3. The van der Waals surface area contributed by atoms with Gasteiger partial charge < -0.3 is 27.7 Å². The summed E-state index contributed by atoms with van der Waals surface area (Å²) < 4.78 is 50.3. The van der Waals surface area contributed by atoms with Crippen LogP contribution in [-0.4, -0.2) is 151 Å². The van der Waals surface area contributed by atoms with Crippen molar-refractivity contribution in [3.05, 3.63) is 36.5 Å². The van der Waals surface area contributed by atoms with Gasteiger partial charge in [0.2, 0.25) is 0 Å². The molecule has 0 N–H and O–H groups in total. The molecule has 0 aliphatic heterocycles. The van der Waals surface area contributed by atoms with Crippen LogP contribution in [0.15, 0.2) is 36.5 Å². The molecule has 0 aliphatic carbocycles. The van der Waals surface area contributed by atoms with Gasteiger partial charge in [0, 0.05) is 16.7 Å². The maximum absolute atomic E-state index is 14.5. The molecular formula is C33H63N3O10P+3. The summed E-state index contributed by atoms with van der Waals surface area (Å²) in [5.41, 5.74) is 0.739. The van der Waals surface area contributed by atoms with Gasteiger partial charge in [0.1, 0.15) is 37.9 Å². The molecule has 0 amide bonds. The van der Waals surface area contributed by atoms with Crippen LogP contribution in [0.2, 0.25) is 0 Å². The van der Waals surface area contributed by atoms with Crippen LogP contribution in [0.4, 0.5) is 0 Å².